The average Bonchev–Trinajstić information content (AvgIpc) is 3.28. The Hall–Kier alpha value is -2.08. The van der Waals surface area contributed by atoms with Gasteiger partial charge in [-0.2, -0.15) is 0 Å². The Bertz CT molecular complexity index is 1050. The van der Waals surface area contributed by atoms with Crippen LogP contribution in [0.4, 0.5) is 0 Å². The first-order chi connectivity index (χ1) is 18.2. The number of benzene rings is 2. The first kappa shape index (κ1) is 25.2. The van der Waals surface area contributed by atoms with Crippen LogP contribution in [-0.2, 0) is 17.8 Å². The van der Waals surface area contributed by atoms with Crippen molar-refractivity contribution in [1.29, 1.82) is 0 Å². The van der Waals surface area contributed by atoms with Crippen molar-refractivity contribution in [3.8, 4) is 11.5 Å². The predicted molar refractivity (Wildman–Crippen MR) is 147 cm³/mol. The lowest BCUT2D eigenvalue weighted by molar-refractivity contribution is 0.0306. The van der Waals surface area contributed by atoms with Gasteiger partial charge in [-0.1, -0.05) is 37.3 Å². The average molecular weight is 505 g/mol. The number of hydrogen-bond donors (Lipinski definition) is 1. The molecule has 1 saturated heterocycles. The second-order valence-electron chi connectivity index (χ2n) is 12.0. The third kappa shape index (κ3) is 5.03. The van der Waals surface area contributed by atoms with Crippen molar-refractivity contribution in [2.24, 2.45) is 17.3 Å². The highest BCUT2D eigenvalue weighted by Crippen LogP contribution is 2.61. The number of rotatable bonds is 8. The summed E-state index contributed by atoms with van der Waals surface area (Å²) in [5, 5.41) is 4.02. The number of nitrogens with one attached hydrogen (secondary N) is 1. The van der Waals surface area contributed by atoms with Crippen molar-refractivity contribution in [3.63, 3.8) is 0 Å². The molecule has 5 unspecified atom stereocenters. The van der Waals surface area contributed by atoms with Gasteiger partial charge in [-0.15, -0.1) is 0 Å². The highest BCUT2D eigenvalue weighted by molar-refractivity contribution is 5.50. The Morgan fingerprint density at radius 2 is 1.86 bits per heavy atom. The number of morpholine rings is 1. The van der Waals surface area contributed by atoms with Gasteiger partial charge < -0.3 is 19.5 Å². The minimum atomic E-state index is 0.423. The molecule has 0 bridgehead atoms. The lowest BCUT2D eigenvalue weighted by Gasteiger charge is -2.51. The largest absolute Gasteiger partial charge is 0.493 e. The standard InChI is InChI=1S/C32H44N2O3/c1-32-13-12-25-26(28(32)10-11-31(32)33-14-15-34-16-18-36-19-17-34)9-8-24-20-30(29(35-2)21-27(24)25)37-22-23-6-4-3-5-7-23/h3-7,20-21,25-26,28,31,33H,8-19,22H2,1-2H3. The normalized spacial score (nSPS) is 31.3. The molecule has 2 aromatic carbocycles. The summed E-state index contributed by atoms with van der Waals surface area (Å²) in [4.78, 5) is 2.55. The highest BCUT2D eigenvalue weighted by atomic mass is 16.5. The monoisotopic (exact) mass is 504 g/mol. The zero-order valence-electron chi connectivity index (χ0n) is 22.7. The fourth-order valence-electron chi connectivity index (χ4n) is 8.14. The number of nitrogens with zero attached hydrogens (tertiary/aromatic N) is 1. The maximum atomic E-state index is 6.25. The first-order valence-corrected chi connectivity index (χ1v) is 14.6. The van der Waals surface area contributed by atoms with Crippen molar-refractivity contribution < 1.29 is 14.2 Å². The van der Waals surface area contributed by atoms with Crippen LogP contribution in [0.1, 0.15) is 61.6 Å². The molecule has 1 heterocycles. The van der Waals surface area contributed by atoms with Gasteiger partial charge >= 0.3 is 0 Å². The van der Waals surface area contributed by atoms with Crippen LogP contribution < -0.4 is 14.8 Å². The number of methoxy groups -OCH3 is 1. The highest BCUT2D eigenvalue weighted by Gasteiger charge is 2.54. The molecule has 6 rings (SSSR count). The van der Waals surface area contributed by atoms with Gasteiger partial charge in [-0.05, 0) is 90.5 Å². The molecule has 2 saturated carbocycles. The molecule has 1 aliphatic heterocycles. The van der Waals surface area contributed by atoms with Crippen LogP contribution in [0.15, 0.2) is 42.5 Å². The van der Waals surface area contributed by atoms with Crippen molar-refractivity contribution in [3.05, 3.63) is 59.2 Å². The van der Waals surface area contributed by atoms with E-state index in [1.807, 2.05) is 6.07 Å². The fraction of sp³-hybridized carbons (Fsp3) is 0.625. The lowest BCUT2D eigenvalue weighted by Crippen LogP contribution is -2.50. The zero-order valence-corrected chi connectivity index (χ0v) is 22.7. The third-order valence-electron chi connectivity index (χ3n) is 10.2. The summed E-state index contributed by atoms with van der Waals surface area (Å²) in [6, 6.07) is 15.7. The maximum Gasteiger partial charge on any atom is 0.161 e. The van der Waals surface area contributed by atoms with E-state index in [2.05, 4.69) is 53.5 Å². The molecule has 0 spiro atoms. The molecule has 0 radical (unpaired) electrons. The van der Waals surface area contributed by atoms with Gasteiger partial charge in [-0.25, -0.2) is 0 Å². The summed E-state index contributed by atoms with van der Waals surface area (Å²) in [5.74, 6) is 4.04. The summed E-state index contributed by atoms with van der Waals surface area (Å²) >= 11 is 0. The van der Waals surface area contributed by atoms with Crippen molar-refractivity contribution in [2.45, 2.75) is 64.0 Å². The third-order valence-corrected chi connectivity index (χ3v) is 10.2. The Kier molecular flexibility index (Phi) is 7.47. The molecule has 200 valence electrons. The number of ether oxygens (including phenoxy) is 3. The maximum absolute atomic E-state index is 6.25. The van der Waals surface area contributed by atoms with Crippen LogP contribution in [-0.4, -0.2) is 57.4 Å². The van der Waals surface area contributed by atoms with E-state index < -0.39 is 0 Å². The van der Waals surface area contributed by atoms with Gasteiger partial charge in [0.25, 0.3) is 0 Å². The van der Waals surface area contributed by atoms with Gasteiger partial charge in [-0.3, -0.25) is 4.90 Å². The molecule has 5 heteroatoms. The van der Waals surface area contributed by atoms with Crippen LogP contribution >= 0.6 is 0 Å². The molecule has 3 aliphatic carbocycles. The zero-order chi connectivity index (χ0) is 25.2. The quantitative estimate of drug-likeness (QED) is 0.520. The van der Waals surface area contributed by atoms with Crippen LogP contribution in [0.25, 0.3) is 0 Å². The molecule has 2 aromatic rings. The molecule has 1 N–H and O–H groups in total. The minimum Gasteiger partial charge on any atom is -0.493 e. The van der Waals surface area contributed by atoms with E-state index in [9.17, 15) is 0 Å². The van der Waals surface area contributed by atoms with Gasteiger partial charge in [0.2, 0.25) is 0 Å². The fourth-order valence-corrected chi connectivity index (χ4v) is 8.14. The van der Waals surface area contributed by atoms with Gasteiger partial charge in [0.1, 0.15) is 6.61 Å². The molecule has 3 fully saturated rings. The summed E-state index contributed by atoms with van der Waals surface area (Å²) in [6.07, 6.45) is 7.78. The SMILES string of the molecule is COc1cc2c(cc1OCc1ccccc1)CCC1C2CCC2(C)C(NCCN3CCOCC3)CCC12. The molecule has 37 heavy (non-hydrogen) atoms. The number of aryl methyl sites for hydroxylation is 1. The molecule has 5 atom stereocenters. The lowest BCUT2D eigenvalue weighted by atomic mass is 9.55. The van der Waals surface area contributed by atoms with Crippen LogP contribution in [0.3, 0.4) is 0 Å². The van der Waals surface area contributed by atoms with Crippen molar-refractivity contribution in [2.75, 3.05) is 46.5 Å². The molecule has 0 amide bonds. The van der Waals surface area contributed by atoms with Gasteiger partial charge in [0, 0.05) is 32.2 Å². The smallest absolute Gasteiger partial charge is 0.161 e. The molecular weight excluding hydrogens is 460 g/mol. The first-order valence-electron chi connectivity index (χ1n) is 14.6. The topological polar surface area (TPSA) is 43.0 Å². The Balaban J connectivity index is 1.13. The molecule has 0 aromatic heterocycles. The van der Waals surface area contributed by atoms with Gasteiger partial charge in [0.15, 0.2) is 11.5 Å². The van der Waals surface area contributed by atoms with E-state index in [0.29, 0.717) is 24.0 Å². The minimum absolute atomic E-state index is 0.423. The predicted octanol–water partition coefficient (Wildman–Crippen LogP) is 5.42. The second kappa shape index (κ2) is 11.0. The van der Waals surface area contributed by atoms with E-state index in [-0.39, 0.29) is 0 Å². The van der Waals surface area contributed by atoms with Crippen molar-refractivity contribution in [1.82, 2.24) is 10.2 Å². The summed E-state index contributed by atoms with van der Waals surface area (Å²) in [5.41, 5.74) is 4.62. The molecular formula is C32H44N2O3. The second-order valence-corrected chi connectivity index (χ2v) is 12.0. The molecule has 4 aliphatic rings. The van der Waals surface area contributed by atoms with Gasteiger partial charge in [0.05, 0.1) is 20.3 Å². The van der Waals surface area contributed by atoms with Crippen molar-refractivity contribution >= 4 is 0 Å². The number of fused-ring (bicyclic) bond motifs is 5. The van der Waals surface area contributed by atoms with Crippen LogP contribution in [0, 0.1) is 17.3 Å². The van der Waals surface area contributed by atoms with E-state index >= 15 is 0 Å². The Morgan fingerprint density at radius 1 is 1.03 bits per heavy atom. The van der Waals surface area contributed by atoms with E-state index in [4.69, 9.17) is 14.2 Å². The summed E-state index contributed by atoms with van der Waals surface area (Å²) < 4.78 is 17.6. The number of hydrogen-bond acceptors (Lipinski definition) is 5. The Labute approximate surface area is 222 Å². The van der Waals surface area contributed by atoms with Crippen LogP contribution in [0.5, 0.6) is 11.5 Å². The Morgan fingerprint density at radius 3 is 2.68 bits per heavy atom. The summed E-state index contributed by atoms with van der Waals surface area (Å²) in [6.45, 7) is 9.36. The van der Waals surface area contributed by atoms with E-state index in [1.54, 1.807) is 7.11 Å². The van der Waals surface area contributed by atoms with Crippen LogP contribution in [0.2, 0.25) is 0 Å². The van der Waals surface area contributed by atoms with E-state index in [1.165, 1.54) is 48.8 Å². The van der Waals surface area contributed by atoms with E-state index in [0.717, 1.165) is 69.1 Å². The summed E-state index contributed by atoms with van der Waals surface area (Å²) in [7, 11) is 1.78. The molecule has 5 nitrogen and oxygen atoms in total.